The van der Waals surface area contributed by atoms with E-state index in [-0.39, 0.29) is 23.1 Å². The summed E-state index contributed by atoms with van der Waals surface area (Å²) in [7, 11) is -4.20. The zero-order valence-electron chi connectivity index (χ0n) is 19.8. The molecule has 0 aliphatic carbocycles. The second-order valence-corrected chi connectivity index (χ2v) is 10.5. The molecule has 5 rings (SSSR count). The number of hydrogen-bond donors (Lipinski definition) is 1. The summed E-state index contributed by atoms with van der Waals surface area (Å²) in [6.45, 7) is 4.35. The van der Waals surface area contributed by atoms with Crippen LogP contribution in [0.1, 0.15) is 29.7 Å². The van der Waals surface area contributed by atoms with Gasteiger partial charge < -0.3 is 24.2 Å². The molecule has 3 aromatic rings. The number of aliphatic hydroxyl groups is 1. The predicted octanol–water partition coefficient (Wildman–Crippen LogP) is 4.45. The van der Waals surface area contributed by atoms with E-state index in [9.17, 15) is 18.3 Å². The molecule has 2 heterocycles. The Bertz CT molecular complexity index is 1440. The Labute approximate surface area is 209 Å². The normalized spacial score (nSPS) is 17.1. The van der Waals surface area contributed by atoms with Crippen molar-refractivity contribution in [3.8, 4) is 17.2 Å². The van der Waals surface area contributed by atoms with Gasteiger partial charge in [0.25, 0.3) is 5.91 Å². The third kappa shape index (κ3) is 4.15. The maximum atomic E-state index is 13.7. The van der Waals surface area contributed by atoms with Crippen LogP contribution in [0.4, 0.5) is 0 Å². The van der Waals surface area contributed by atoms with E-state index < -0.39 is 27.5 Å². The molecule has 9 heteroatoms. The Morgan fingerprint density at radius 3 is 2.39 bits per heavy atom. The number of ether oxygens (including phenoxy) is 3. The number of carbonyl (C=O) groups excluding carboxylic acids is 1. The Hall–Kier alpha value is -3.98. The number of carbonyl (C=O) groups is 1. The number of hydrogen-bond acceptors (Lipinski definition) is 7. The summed E-state index contributed by atoms with van der Waals surface area (Å²) in [6, 6.07) is 17.4. The molecule has 1 amide bonds. The van der Waals surface area contributed by atoms with Crippen LogP contribution in [-0.2, 0) is 21.2 Å². The first-order valence-corrected chi connectivity index (χ1v) is 12.9. The van der Waals surface area contributed by atoms with Crippen molar-refractivity contribution in [2.45, 2.75) is 31.3 Å². The number of nitrogens with zero attached hydrogens (tertiary/aromatic N) is 1. The molecular formula is C27H25NO7S. The van der Waals surface area contributed by atoms with Crippen LogP contribution in [0.3, 0.4) is 0 Å². The summed E-state index contributed by atoms with van der Waals surface area (Å²) in [6.07, 6.45) is 0. The molecule has 0 radical (unpaired) electrons. The van der Waals surface area contributed by atoms with Crippen molar-refractivity contribution in [1.82, 2.24) is 4.90 Å². The summed E-state index contributed by atoms with van der Waals surface area (Å²) < 4.78 is 43.8. The van der Waals surface area contributed by atoms with Gasteiger partial charge in [0, 0.05) is 6.54 Å². The molecule has 186 valence electrons. The monoisotopic (exact) mass is 507 g/mol. The van der Waals surface area contributed by atoms with E-state index in [1.807, 2.05) is 13.8 Å². The fourth-order valence-corrected chi connectivity index (χ4v) is 6.04. The lowest BCUT2D eigenvalue weighted by molar-refractivity contribution is -0.130. The van der Waals surface area contributed by atoms with E-state index in [4.69, 9.17) is 14.2 Å². The quantitative estimate of drug-likeness (QED) is 0.504. The van der Waals surface area contributed by atoms with Gasteiger partial charge in [0.2, 0.25) is 16.6 Å². The van der Waals surface area contributed by atoms with Crippen LogP contribution in [0.5, 0.6) is 17.2 Å². The molecule has 36 heavy (non-hydrogen) atoms. The van der Waals surface area contributed by atoms with Crippen LogP contribution in [0, 0.1) is 6.92 Å². The van der Waals surface area contributed by atoms with Crippen molar-refractivity contribution in [3.05, 3.63) is 94.1 Å². The fraction of sp³-hybridized carbons (Fsp3) is 0.222. The molecule has 0 fully saturated rings. The van der Waals surface area contributed by atoms with Crippen LogP contribution in [0.2, 0.25) is 0 Å². The summed E-state index contributed by atoms with van der Waals surface area (Å²) in [5.41, 5.74) is 2.12. The zero-order chi connectivity index (χ0) is 25.4. The van der Waals surface area contributed by atoms with Gasteiger partial charge in [-0.2, -0.15) is 0 Å². The number of amides is 1. The third-order valence-corrected chi connectivity index (χ3v) is 8.06. The van der Waals surface area contributed by atoms with Crippen LogP contribution in [-0.4, -0.2) is 37.7 Å². The molecular weight excluding hydrogens is 482 g/mol. The van der Waals surface area contributed by atoms with Gasteiger partial charge in [-0.05, 0) is 61.4 Å². The minimum atomic E-state index is -4.20. The molecule has 0 aromatic heterocycles. The molecule has 0 unspecified atom stereocenters. The smallest absolute Gasteiger partial charge is 0.290 e. The van der Waals surface area contributed by atoms with E-state index in [1.54, 1.807) is 54.6 Å². The largest absolute Gasteiger partial charge is 0.502 e. The van der Waals surface area contributed by atoms with Gasteiger partial charge in [0.15, 0.2) is 17.3 Å². The summed E-state index contributed by atoms with van der Waals surface area (Å²) in [5.74, 6) is 0.205. The summed E-state index contributed by atoms with van der Waals surface area (Å²) in [5, 5.41) is 10.9. The Morgan fingerprint density at radius 2 is 1.69 bits per heavy atom. The minimum absolute atomic E-state index is 0.00307. The zero-order valence-corrected chi connectivity index (χ0v) is 20.6. The van der Waals surface area contributed by atoms with E-state index in [1.165, 1.54) is 17.0 Å². The topological polar surface area (TPSA) is 102 Å². The van der Waals surface area contributed by atoms with E-state index in [0.717, 1.165) is 5.56 Å². The highest BCUT2D eigenvalue weighted by molar-refractivity contribution is 7.95. The maximum Gasteiger partial charge on any atom is 0.290 e. The summed E-state index contributed by atoms with van der Waals surface area (Å²) >= 11 is 0. The Kier molecular flexibility index (Phi) is 6.09. The molecule has 2 aliphatic rings. The van der Waals surface area contributed by atoms with Gasteiger partial charge in [-0.25, -0.2) is 8.42 Å². The SMILES string of the molecule is CCOc1ccc([C@H]2C(S(=O)(=O)c3ccc(C)cc3)=C(O)C(=O)N2Cc2ccc3c(c2)OCO3)cc1. The van der Waals surface area contributed by atoms with Gasteiger partial charge in [0.1, 0.15) is 10.7 Å². The maximum absolute atomic E-state index is 13.7. The first kappa shape index (κ1) is 23.7. The first-order valence-electron chi connectivity index (χ1n) is 11.5. The number of benzene rings is 3. The average molecular weight is 508 g/mol. The Balaban J connectivity index is 1.59. The van der Waals surface area contributed by atoms with E-state index >= 15 is 0 Å². The highest BCUT2D eigenvalue weighted by Gasteiger charge is 2.47. The van der Waals surface area contributed by atoms with Gasteiger partial charge in [-0.3, -0.25) is 4.79 Å². The van der Waals surface area contributed by atoms with Crippen molar-refractivity contribution in [1.29, 1.82) is 0 Å². The molecule has 3 aromatic carbocycles. The summed E-state index contributed by atoms with van der Waals surface area (Å²) in [4.78, 5) is 14.3. The Morgan fingerprint density at radius 1 is 1.00 bits per heavy atom. The second kappa shape index (κ2) is 9.23. The van der Waals surface area contributed by atoms with Gasteiger partial charge >= 0.3 is 0 Å². The van der Waals surface area contributed by atoms with Crippen LogP contribution < -0.4 is 14.2 Å². The third-order valence-electron chi connectivity index (χ3n) is 6.17. The molecule has 0 saturated carbocycles. The fourth-order valence-electron chi connectivity index (χ4n) is 4.39. The van der Waals surface area contributed by atoms with Crippen LogP contribution >= 0.6 is 0 Å². The van der Waals surface area contributed by atoms with Crippen molar-refractivity contribution in [3.63, 3.8) is 0 Å². The minimum Gasteiger partial charge on any atom is -0.502 e. The lowest BCUT2D eigenvalue weighted by Gasteiger charge is -2.27. The van der Waals surface area contributed by atoms with E-state index in [2.05, 4.69) is 0 Å². The van der Waals surface area contributed by atoms with Gasteiger partial charge in [-0.1, -0.05) is 35.9 Å². The van der Waals surface area contributed by atoms with Crippen LogP contribution in [0.25, 0.3) is 0 Å². The number of fused-ring (bicyclic) bond motifs is 1. The van der Waals surface area contributed by atoms with Gasteiger partial charge in [0.05, 0.1) is 17.5 Å². The number of aliphatic hydroxyl groups excluding tert-OH is 1. The number of rotatable bonds is 7. The number of sulfone groups is 1. The average Bonchev–Trinajstić information content (AvgIpc) is 3.43. The van der Waals surface area contributed by atoms with Crippen LogP contribution in [0.15, 0.2) is 82.3 Å². The highest BCUT2D eigenvalue weighted by Crippen LogP contribution is 2.44. The van der Waals surface area contributed by atoms with Crippen molar-refractivity contribution < 1.29 is 32.5 Å². The predicted molar refractivity (Wildman–Crippen MR) is 131 cm³/mol. The van der Waals surface area contributed by atoms with Crippen molar-refractivity contribution >= 4 is 15.7 Å². The lowest BCUT2D eigenvalue weighted by atomic mass is 10.1. The molecule has 0 saturated heterocycles. The first-order chi connectivity index (χ1) is 17.3. The molecule has 0 spiro atoms. The highest BCUT2D eigenvalue weighted by atomic mass is 32.2. The lowest BCUT2D eigenvalue weighted by Crippen LogP contribution is -2.30. The van der Waals surface area contributed by atoms with E-state index in [0.29, 0.717) is 35.0 Å². The molecule has 2 aliphatic heterocycles. The molecule has 0 bridgehead atoms. The second-order valence-electron chi connectivity index (χ2n) is 8.55. The standard InChI is InChI=1S/C27H25NO7S/c1-3-33-20-9-7-19(8-10-20)24-26(36(31,32)21-11-4-17(2)5-12-21)25(29)27(30)28(24)15-18-6-13-22-23(14-18)35-16-34-22/h4-14,24,29H,3,15-16H2,1-2H3/t24-/m0/s1. The van der Waals surface area contributed by atoms with Crippen molar-refractivity contribution in [2.24, 2.45) is 0 Å². The van der Waals surface area contributed by atoms with Crippen molar-refractivity contribution in [2.75, 3.05) is 13.4 Å². The number of aryl methyl sites for hydroxylation is 1. The molecule has 8 nitrogen and oxygen atoms in total. The van der Waals surface area contributed by atoms with Gasteiger partial charge in [-0.15, -0.1) is 0 Å². The molecule has 1 atom stereocenters. The molecule has 1 N–H and O–H groups in total.